The van der Waals surface area contributed by atoms with Crippen molar-refractivity contribution in [2.45, 2.75) is 6.42 Å². The lowest BCUT2D eigenvalue weighted by Crippen LogP contribution is -2.55. The largest absolute Gasteiger partial charge is 0.370 e. The highest BCUT2D eigenvalue weighted by molar-refractivity contribution is 5.74. The predicted octanol–water partition coefficient (Wildman–Crippen LogP) is -1.28. The van der Waals surface area contributed by atoms with Crippen molar-refractivity contribution >= 4 is 11.9 Å². The van der Waals surface area contributed by atoms with Crippen molar-refractivity contribution in [3.63, 3.8) is 0 Å². The second kappa shape index (κ2) is 5.55. The molecule has 0 atom stereocenters. The fourth-order valence-corrected chi connectivity index (χ4v) is 1.54. The first kappa shape index (κ1) is 11.8. The van der Waals surface area contributed by atoms with Crippen LogP contribution < -0.4 is 16.4 Å². The van der Waals surface area contributed by atoms with Crippen LogP contribution in [0, 0.1) is 5.92 Å². The molecule has 86 valence electrons. The lowest BCUT2D eigenvalue weighted by molar-refractivity contribution is -0.117. The molecule has 1 aliphatic heterocycles. The van der Waals surface area contributed by atoms with Gasteiger partial charge in [-0.15, -0.1) is 0 Å². The Balaban J connectivity index is 1.98. The molecular weight excluding hydrogens is 196 g/mol. The van der Waals surface area contributed by atoms with Gasteiger partial charge in [-0.2, -0.15) is 0 Å². The average molecular weight is 214 g/mol. The van der Waals surface area contributed by atoms with Crippen LogP contribution in [0.3, 0.4) is 0 Å². The van der Waals surface area contributed by atoms with Crippen LogP contribution in [-0.4, -0.2) is 50.1 Å². The van der Waals surface area contributed by atoms with E-state index in [9.17, 15) is 9.59 Å². The van der Waals surface area contributed by atoms with Gasteiger partial charge in [0.05, 0.1) is 0 Å². The van der Waals surface area contributed by atoms with Crippen molar-refractivity contribution in [1.82, 2.24) is 15.5 Å². The fourth-order valence-electron chi connectivity index (χ4n) is 1.54. The number of nitrogens with one attached hydrogen (secondary N) is 2. The third-order valence-corrected chi connectivity index (χ3v) is 2.44. The van der Waals surface area contributed by atoms with E-state index < -0.39 is 0 Å². The molecule has 4 N–H and O–H groups in total. The van der Waals surface area contributed by atoms with E-state index in [1.165, 1.54) is 0 Å². The van der Waals surface area contributed by atoms with Crippen LogP contribution >= 0.6 is 0 Å². The summed E-state index contributed by atoms with van der Waals surface area (Å²) in [6, 6.07) is -0.0246. The van der Waals surface area contributed by atoms with Crippen LogP contribution in [0.4, 0.5) is 4.79 Å². The van der Waals surface area contributed by atoms with Gasteiger partial charge in [0.2, 0.25) is 5.91 Å². The molecule has 1 aliphatic rings. The summed E-state index contributed by atoms with van der Waals surface area (Å²) in [5, 5.41) is 5.71. The highest BCUT2D eigenvalue weighted by atomic mass is 16.2. The van der Waals surface area contributed by atoms with E-state index in [1.54, 1.807) is 11.9 Å². The molecule has 15 heavy (non-hydrogen) atoms. The minimum absolute atomic E-state index is 0.0246. The van der Waals surface area contributed by atoms with Gasteiger partial charge < -0.3 is 21.3 Å². The Bertz CT molecular complexity index is 238. The van der Waals surface area contributed by atoms with Gasteiger partial charge in [0, 0.05) is 45.6 Å². The number of carbonyl (C=O) groups is 2. The lowest BCUT2D eigenvalue weighted by Gasteiger charge is -2.38. The number of hydrogen-bond acceptors (Lipinski definition) is 3. The molecule has 1 heterocycles. The molecule has 0 aromatic heterocycles. The van der Waals surface area contributed by atoms with E-state index in [0.29, 0.717) is 18.9 Å². The number of hydrogen-bond donors (Lipinski definition) is 3. The van der Waals surface area contributed by atoms with Gasteiger partial charge in [0.1, 0.15) is 0 Å². The first-order valence-electron chi connectivity index (χ1n) is 5.09. The monoisotopic (exact) mass is 214 g/mol. The van der Waals surface area contributed by atoms with Crippen molar-refractivity contribution in [2.24, 2.45) is 11.7 Å². The molecule has 6 heteroatoms. The van der Waals surface area contributed by atoms with Gasteiger partial charge >= 0.3 is 6.03 Å². The smallest absolute Gasteiger partial charge is 0.317 e. The Morgan fingerprint density at radius 3 is 2.67 bits per heavy atom. The minimum atomic E-state index is -0.289. The van der Waals surface area contributed by atoms with Crippen LogP contribution in [0.25, 0.3) is 0 Å². The zero-order valence-electron chi connectivity index (χ0n) is 8.95. The maximum atomic E-state index is 11.1. The first-order chi connectivity index (χ1) is 7.13. The van der Waals surface area contributed by atoms with Crippen LogP contribution in [0.15, 0.2) is 0 Å². The third-order valence-electron chi connectivity index (χ3n) is 2.44. The van der Waals surface area contributed by atoms with Crippen LogP contribution in [0.5, 0.6) is 0 Å². The van der Waals surface area contributed by atoms with E-state index in [2.05, 4.69) is 10.6 Å². The molecular formula is C9H18N4O2. The zero-order chi connectivity index (χ0) is 11.3. The summed E-state index contributed by atoms with van der Waals surface area (Å²) < 4.78 is 0. The van der Waals surface area contributed by atoms with Crippen LogP contribution in [0.2, 0.25) is 0 Å². The van der Waals surface area contributed by atoms with Gasteiger partial charge in [-0.1, -0.05) is 0 Å². The summed E-state index contributed by atoms with van der Waals surface area (Å²) in [6.07, 6.45) is 0.367. The number of rotatable bonds is 5. The van der Waals surface area contributed by atoms with E-state index in [1.807, 2.05) is 0 Å². The molecule has 0 bridgehead atoms. The van der Waals surface area contributed by atoms with Crippen molar-refractivity contribution in [1.29, 1.82) is 0 Å². The molecule has 0 aliphatic carbocycles. The minimum Gasteiger partial charge on any atom is -0.370 e. The predicted molar refractivity (Wildman–Crippen MR) is 56.2 cm³/mol. The van der Waals surface area contributed by atoms with Crippen LogP contribution in [0.1, 0.15) is 6.42 Å². The Morgan fingerprint density at radius 2 is 2.13 bits per heavy atom. The van der Waals surface area contributed by atoms with Gasteiger partial charge in [0.25, 0.3) is 0 Å². The summed E-state index contributed by atoms with van der Waals surface area (Å²) in [5.41, 5.74) is 5.00. The standard InChI is InChI=1S/C9H18N4O2/c1-11-9(15)13-5-7(6-13)4-12-3-2-8(10)14/h7,12H,2-6H2,1H3,(H2,10,14)(H,11,15). The van der Waals surface area contributed by atoms with Crippen molar-refractivity contribution < 1.29 is 9.59 Å². The molecule has 0 unspecified atom stereocenters. The maximum Gasteiger partial charge on any atom is 0.317 e. The number of nitrogens with two attached hydrogens (primary N) is 1. The highest BCUT2D eigenvalue weighted by Gasteiger charge is 2.29. The van der Waals surface area contributed by atoms with Crippen molar-refractivity contribution in [2.75, 3.05) is 33.2 Å². The highest BCUT2D eigenvalue weighted by Crippen LogP contribution is 2.13. The summed E-state index contributed by atoms with van der Waals surface area (Å²) in [4.78, 5) is 23.3. The Morgan fingerprint density at radius 1 is 1.47 bits per heavy atom. The second-order valence-electron chi connectivity index (χ2n) is 3.75. The summed E-state index contributed by atoms with van der Waals surface area (Å²) in [6.45, 7) is 3.01. The molecule has 0 radical (unpaired) electrons. The molecule has 1 fully saturated rings. The number of amides is 3. The number of urea groups is 1. The Hall–Kier alpha value is -1.30. The molecule has 0 saturated carbocycles. The van der Waals surface area contributed by atoms with Crippen LogP contribution in [-0.2, 0) is 4.79 Å². The van der Waals surface area contributed by atoms with E-state index in [4.69, 9.17) is 5.73 Å². The summed E-state index contributed by atoms with van der Waals surface area (Å²) >= 11 is 0. The molecule has 1 rings (SSSR count). The molecule has 1 saturated heterocycles. The van der Waals surface area contributed by atoms with Gasteiger partial charge in [-0.05, 0) is 0 Å². The van der Waals surface area contributed by atoms with Gasteiger partial charge in [-0.3, -0.25) is 4.79 Å². The number of likely N-dealkylation sites (tertiary alicyclic amines) is 1. The maximum absolute atomic E-state index is 11.1. The van der Waals surface area contributed by atoms with Crippen molar-refractivity contribution in [3.05, 3.63) is 0 Å². The van der Waals surface area contributed by atoms with Gasteiger partial charge in [-0.25, -0.2) is 4.79 Å². The normalized spacial score (nSPS) is 15.9. The molecule has 6 nitrogen and oxygen atoms in total. The van der Waals surface area contributed by atoms with Gasteiger partial charge in [0.15, 0.2) is 0 Å². The molecule has 0 aromatic carbocycles. The SMILES string of the molecule is CNC(=O)N1CC(CNCCC(N)=O)C1. The fraction of sp³-hybridized carbons (Fsp3) is 0.778. The number of carbonyl (C=O) groups excluding carboxylic acids is 2. The number of nitrogens with zero attached hydrogens (tertiary/aromatic N) is 1. The second-order valence-corrected chi connectivity index (χ2v) is 3.75. The molecule has 0 spiro atoms. The lowest BCUT2D eigenvalue weighted by atomic mass is 10.0. The summed E-state index contributed by atoms with van der Waals surface area (Å²) in [7, 11) is 1.63. The number of primary amides is 1. The molecule has 0 aromatic rings. The Kier molecular flexibility index (Phi) is 4.36. The quantitative estimate of drug-likeness (QED) is 0.498. The average Bonchev–Trinajstić information content (AvgIpc) is 2.13. The topological polar surface area (TPSA) is 87.5 Å². The van der Waals surface area contributed by atoms with E-state index in [0.717, 1.165) is 19.6 Å². The first-order valence-corrected chi connectivity index (χ1v) is 5.09. The molecule has 3 amide bonds. The third kappa shape index (κ3) is 3.75. The Labute approximate surface area is 89.2 Å². The van der Waals surface area contributed by atoms with E-state index >= 15 is 0 Å². The zero-order valence-corrected chi connectivity index (χ0v) is 8.95. The van der Waals surface area contributed by atoms with E-state index in [-0.39, 0.29) is 11.9 Å². The summed E-state index contributed by atoms with van der Waals surface area (Å²) in [5.74, 6) is 0.207. The van der Waals surface area contributed by atoms with Crippen molar-refractivity contribution in [3.8, 4) is 0 Å².